The summed E-state index contributed by atoms with van der Waals surface area (Å²) in [6, 6.07) is 4.37. The Kier molecular flexibility index (Phi) is 13.3. The predicted molar refractivity (Wildman–Crippen MR) is 180 cm³/mol. The van der Waals surface area contributed by atoms with Crippen molar-refractivity contribution in [3.63, 3.8) is 0 Å². The summed E-state index contributed by atoms with van der Waals surface area (Å²) in [6.45, 7) is 11.3. The minimum absolute atomic E-state index is 0.0371. The van der Waals surface area contributed by atoms with Crippen LogP contribution in [0.15, 0.2) is 24.4 Å². The third-order valence-corrected chi connectivity index (χ3v) is 10.2. The molecule has 17 heteroatoms. The molecule has 1 atom stereocenters. The Labute approximate surface area is 280 Å². The monoisotopic (exact) mass is 717 g/mol. The number of carbonyl (C=O) groups is 2. The van der Waals surface area contributed by atoms with Gasteiger partial charge < -0.3 is 15.4 Å². The highest BCUT2D eigenvalue weighted by Gasteiger charge is 2.25. The van der Waals surface area contributed by atoms with E-state index in [0.717, 1.165) is 18.0 Å². The molecule has 0 aliphatic heterocycles. The second kappa shape index (κ2) is 16.3. The fourth-order valence-electron chi connectivity index (χ4n) is 4.58. The van der Waals surface area contributed by atoms with Crippen molar-refractivity contribution in [1.82, 2.24) is 29.9 Å². The SMILES string of the molecule is Cc1nn(COCC[Si](C)(C)C)c(C)c1-c1ccc(NC(=O)[C@H](CCCC(Cl)Cl)NC(=O)c2ccnn2CCS(C)(=O)=O)nc1F. The van der Waals surface area contributed by atoms with Gasteiger partial charge in [-0.3, -0.25) is 14.3 Å². The number of ether oxygens (including phenoxy) is 1. The van der Waals surface area contributed by atoms with Crippen molar-refractivity contribution in [2.75, 3.05) is 23.9 Å². The number of nitrogens with zero attached hydrogens (tertiary/aromatic N) is 5. The molecular weight excluding hydrogens is 676 g/mol. The lowest BCUT2D eigenvalue weighted by Gasteiger charge is -2.19. The van der Waals surface area contributed by atoms with E-state index in [9.17, 15) is 18.0 Å². The molecule has 2 amide bonds. The van der Waals surface area contributed by atoms with Gasteiger partial charge >= 0.3 is 0 Å². The lowest BCUT2D eigenvalue weighted by Crippen LogP contribution is -2.44. The first-order valence-electron chi connectivity index (χ1n) is 14.8. The Balaban J connectivity index is 1.74. The lowest BCUT2D eigenvalue weighted by molar-refractivity contribution is -0.118. The second-order valence-corrected chi connectivity index (χ2v) is 21.5. The molecule has 46 heavy (non-hydrogen) atoms. The summed E-state index contributed by atoms with van der Waals surface area (Å²) in [5.41, 5.74) is 2.22. The third-order valence-electron chi connectivity index (χ3n) is 7.12. The third kappa shape index (κ3) is 11.4. The molecule has 3 aromatic rings. The predicted octanol–water partition coefficient (Wildman–Crippen LogP) is 4.97. The number of aromatic nitrogens is 5. The molecule has 0 aliphatic carbocycles. The molecule has 0 saturated heterocycles. The van der Waals surface area contributed by atoms with Gasteiger partial charge in [0.2, 0.25) is 11.9 Å². The summed E-state index contributed by atoms with van der Waals surface area (Å²) >= 11 is 11.7. The van der Waals surface area contributed by atoms with E-state index < -0.39 is 46.6 Å². The summed E-state index contributed by atoms with van der Waals surface area (Å²) in [5.74, 6) is -2.34. The maximum absolute atomic E-state index is 15.4. The quantitative estimate of drug-likeness (QED) is 0.0861. The molecule has 0 saturated carbocycles. The normalized spacial score (nSPS) is 12.8. The number of sulfone groups is 1. The molecule has 3 aromatic heterocycles. The van der Waals surface area contributed by atoms with Crippen LogP contribution in [-0.4, -0.2) is 82.3 Å². The summed E-state index contributed by atoms with van der Waals surface area (Å²) < 4.78 is 47.4. The highest BCUT2D eigenvalue weighted by atomic mass is 35.5. The van der Waals surface area contributed by atoms with E-state index in [4.69, 9.17) is 27.9 Å². The van der Waals surface area contributed by atoms with Crippen molar-refractivity contribution >= 4 is 58.7 Å². The fourth-order valence-corrected chi connectivity index (χ4v) is 6.15. The van der Waals surface area contributed by atoms with Crippen LogP contribution in [0, 0.1) is 19.8 Å². The fraction of sp³-hybridized carbons (Fsp3) is 0.552. The number of amides is 2. The van der Waals surface area contributed by atoms with E-state index in [1.807, 2.05) is 6.92 Å². The second-order valence-electron chi connectivity index (χ2n) is 12.3. The number of hydrogen-bond acceptors (Lipinski definition) is 8. The number of alkyl halides is 2. The zero-order valence-electron chi connectivity index (χ0n) is 26.9. The van der Waals surface area contributed by atoms with E-state index in [0.29, 0.717) is 30.7 Å². The lowest BCUT2D eigenvalue weighted by atomic mass is 10.1. The Morgan fingerprint density at radius 3 is 2.46 bits per heavy atom. The average molecular weight is 719 g/mol. The van der Waals surface area contributed by atoms with Crippen LogP contribution in [0.5, 0.6) is 0 Å². The first kappa shape index (κ1) is 37.6. The number of aryl methyl sites for hydroxylation is 2. The molecule has 0 bridgehead atoms. The van der Waals surface area contributed by atoms with Crippen LogP contribution in [-0.2, 0) is 32.6 Å². The topological polar surface area (TPSA) is 150 Å². The van der Waals surface area contributed by atoms with Crippen molar-refractivity contribution in [2.45, 2.75) is 82.9 Å². The van der Waals surface area contributed by atoms with Gasteiger partial charge in [0.05, 0.1) is 18.0 Å². The van der Waals surface area contributed by atoms with Crippen LogP contribution in [0.3, 0.4) is 0 Å². The van der Waals surface area contributed by atoms with Crippen LogP contribution in [0.2, 0.25) is 25.7 Å². The first-order valence-corrected chi connectivity index (χ1v) is 21.5. The summed E-state index contributed by atoms with van der Waals surface area (Å²) in [6.07, 6.45) is 3.38. The van der Waals surface area contributed by atoms with Crippen molar-refractivity contribution in [3.05, 3.63) is 47.4 Å². The zero-order valence-corrected chi connectivity index (χ0v) is 30.3. The van der Waals surface area contributed by atoms with Gasteiger partial charge in [0.25, 0.3) is 5.91 Å². The molecule has 0 aromatic carbocycles. The number of pyridine rings is 1. The van der Waals surface area contributed by atoms with E-state index in [-0.39, 0.29) is 42.5 Å². The Morgan fingerprint density at radius 2 is 1.83 bits per heavy atom. The van der Waals surface area contributed by atoms with Crippen LogP contribution < -0.4 is 10.6 Å². The van der Waals surface area contributed by atoms with E-state index in [2.05, 4.69) is 45.5 Å². The smallest absolute Gasteiger partial charge is 0.270 e. The highest BCUT2D eigenvalue weighted by molar-refractivity contribution is 7.90. The summed E-state index contributed by atoms with van der Waals surface area (Å²) in [4.78, 5) is 29.8. The summed E-state index contributed by atoms with van der Waals surface area (Å²) in [5, 5.41) is 13.8. The van der Waals surface area contributed by atoms with Gasteiger partial charge in [-0.1, -0.05) is 19.6 Å². The molecule has 254 valence electrons. The van der Waals surface area contributed by atoms with Gasteiger partial charge in [-0.2, -0.15) is 14.6 Å². The molecule has 0 unspecified atom stereocenters. The Hall–Kier alpha value is -2.85. The van der Waals surface area contributed by atoms with Gasteiger partial charge in [0, 0.05) is 44.0 Å². The number of nitrogens with one attached hydrogen (secondary N) is 2. The highest BCUT2D eigenvalue weighted by Crippen LogP contribution is 2.29. The van der Waals surface area contributed by atoms with Crippen LogP contribution >= 0.6 is 23.2 Å². The standard InChI is InChI=1S/C29H42Cl2FN7O5SSi/c1-19-26(20(2)39(37-19)18-44-15-17-46(4,5)6)21-10-11-25(35-27(21)32)36-28(40)22(8-7-9-24(30)31)34-29(41)23-12-13-33-38(23)14-16-45(3,42)43/h10-13,22,24H,7-9,14-18H2,1-6H3,(H,34,41)(H,35,36,40)/t22-/m0/s1. The van der Waals surface area contributed by atoms with Gasteiger partial charge in [0.15, 0.2) is 0 Å². The molecule has 0 spiro atoms. The van der Waals surface area contributed by atoms with E-state index in [1.165, 1.54) is 29.1 Å². The van der Waals surface area contributed by atoms with Crippen molar-refractivity contribution in [1.29, 1.82) is 0 Å². The molecule has 3 rings (SSSR count). The van der Waals surface area contributed by atoms with Crippen molar-refractivity contribution in [3.8, 4) is 11.1 Å². The first-order chi connectivity index (χ1) is 21.4. The maximum Gasteiger partial charge on any atom is 0.270 e. The number of carbonyl (C=O) groups excluding carboxylic acids is 2. The molecule has 0 radical (unpaired) electrons. The van der Waals surface area contributed by atoms with Crippen LogP contribution in [0.25, 0.3) is 11.1 Å². The average Bonchev–Trinajstić information content (AvgIpc) is 3.52. The van der Waals surface area contributed by atoms with Gasteiger partial charge in [-0.15, -0.1) is 23.2 Å². The van der Waals surface area contributed by atoms with E-state index >= 15 is 4.39 Å². The van der Waals surface area contributed by atoms with Gasteiger partial charge in [0.1, 0.15) is 39.0 Å². The molecule has 12 nitrogen and oxygen atoms in total. The van der Waals surface area contributed by atoms with Crippen LogP contribution in [0.1, 0.15) is 41.1 Å². The minimum atomic E-state index is -3.30. The molecule has 0 fully saturated rings. The number of rotatable bonds is 17. The Morgan fingerprint density at radius 1 is 1.11 bits per heavy atom. The molecule has 2 N–H and O–H groups in total. The van der Waals surface area contributed by atoms with Crippen LogP contribution in [0.4, 0.5) is 10.2 Å². The van der Waals surface area contributed by atoms with Gasteiger partial charge in [-0.05, 0) is 57.4 Å². The number of anilines is 1. The number of hydrogen-bond donors (Lipinski definition) is 2. The molecule has 0 aliphatic rings. The summed E-state index contributed by atoms with van der Waals surface area (Å²) in [7, 11) is -4.54. The minimum Gasteiger partial charge on any atom is -0.360 e. The van der Waals surface area contributed by atoms with E-state index in [1.54, 1.807) is 11.6 Å². The van der Waals surface area contributed by atoms with Crippen molar-refractivity contribution < 1.29 is 27.1 Å². The molecule has 3 heterocycles. The number of halogens is 3. The Bertz CT molecular complexity index is 1630. The zero-order chi connectivity index (χ0) is 34.2. The molecular formula is C29H42Cl2FN7O5SSi. The van der Waals surface area contributed by atoms with Gasteiger partial charge in [-0.25, -0.2) is 18.1 Å². The largest absolute Gasteiger partial charge is 0.360 e. The van der Waals surface area contributed by atoms with Crippen molar-refractivity contribution in [2.24, 2.45) is 0 Å². The maximum atomic E-state index is 15.4.